The maximum Gasteiger partial charge on any atom is 0.276 e. The Morgan fingerprint density at radius 1 is 1.17 bits per heavy atom. The lowest BCUT2D eigenvalue weighted by Crippen LogP contribution is -2.42. The Hall–Kier alpha value is -3.22. The molecule has 0 saturated carbocycles. The molecule has 0 aliphatic carbocycles. The zero-order valence-corrected chi connectivity index (χ0v) is 13.2. The summed E-state index contributed by atoms with van der Waals surface area (Å²) in [7, 11) is 2.94. The van der Waals surface area contributed by atoms with Gasteiger partial charge in [0, 0.05) is 0 Å². The second kappa shape index (κ2) is 6.11. The van der Waals surface area contributed by atoms with Crippen LogP contribution in [0.25, 0.3) is 0 Å². The van der Waals surface area contributed by atoms with Crippen molar-refractivity contribution in [3.8, 4) is 17.2 Å². The number of aromatic hydroxyl groups is 1. The fourth-order valence-electron chi connectivity index (χ4n) is 2.65. The Bertz CT molecular complexity index is 819. The molecule has 0 bridgehead atoms. The first-order chi connectivity index (χ1) is 11.6. The molecule has 0 spiro atoms. The minimum absolute atomic E-state index is 0.0887. The molecule has 1 aliphatic rings. The number of nitrogens with zero attached hydrogens (tertiary/aromatic N) is 1. The summed E-state index contributed by atoms with van der Waals surface area (Å²) in [6.45, 7) is 0.202. The Labute approximate surface area is 138 Å². The molecule has 1 heterocycles. The van der Waals surface area contributed by atoms with Crippen molar-refractivity contribution >= 4 is 11.8 Å². The lowest BCUT2D eigenvalue weighted by atomic mass is 10.1. The van der Waals surface area contributed by atoms with Gasteiger partial charge < -0.3 is 14.6 Å². The molecular weight excluding hydrogens is 312 g/mol. The Balaban J connectivity index is 1.87. The van der Waals surface area contributed by atoms with Gasteiger partial charge >= 0.3 is 0 Å². The van der Waals surface area contributed by atoms with Crippen molar-refractivity contribution in [3.05, 3.63) is 53.1 Å². The lowest BCUT2D eigenvalue weighted by molar-refractivity contribution is 0.0599. The second-order valence-corrected chi connectivity index (χ2v) is 5.18. The van der Waals surface area contributed by atoms with Crippen molar-refractivity contribution < 1.29 is 24.2 Å². The predicted octanol–water partition coefficient (Wildman–Crippen LogP) is 1.71. The van der Waals surface area contributed by atoms with Crippen molar-refractivity contribution in [1.29, 1.82) is 0 Å². The topological polar surface area (TPSA) is 88.1 Å². The van der Waals surface area contributed by atoms with Gasteiger partial charge in [-0.05, 0) is 23.8 Å². The number of rotatable bonds is 4. The van der Waals surface area contributed by atoms with E-state index in [2.05, 4.69) is 5.43 Å². The number of methoxy groups -OCH3 is 2. The van der Waals surface area contributed by atoms with Gasteiger partial charge in [0.25, 0.3) is 11.8 Å². The second-order valence-electron chi connectivity index (χ2n) is 5.18. The molecule has 2 amide bonds. The molecule has 24 heavy (non-hydrogen) atoms. The van der Waals surface area contributed by atoms with E-state index in [9.17, 15) is 14.7 Å². The number of hydrazine groups is 1. The van der Waals surface area contributed by atoms with Gasteiger partial charge in [0.15, 0.2) is 11.5 Å². The highest BCUT2D eigenvalue weighted by Gasteiger charge is 2.34. The van der Waals surface area contributed by atoms with Gasteiger partial charge in [-0.15, -0.1) is 0 Å². The van der Waals surface area contributed by atoms with Crippen LogP contribution in [0.5, 0.6) is 17.2 Å². The number of hydrogen-bond donors (Lipinski definition) is 2. The summed E-state index contributed by atoms with van der Waals surface area (Å²) in [6, 6.07) is 9.58. The highest BCUT2D eigenvalue weighted by Crippen LogP contribution is 2.37. The molecule has 0 aromatic heterocycles. The molecule has 0 unspecified atom stereocenters. The van der Waals surface area contributed by atoms with Gasteiger partial charge in [0.1, 0.15) is 5.75 Å². The number of amides is 2. The number of para-hydroxylation sites is 1. The number of ether oxygens (including phenoxy) is 2. The normalized spacial score (nSPS) is 12.8. The average molecular weight is 328 g/mol. The predicted molar refractivity (Wildman–Crippen MR) is 85.0 cm³/mol. The first kappa shape index (κ1) is 15.7. The van der Waals surface area contributed by atoms with Crippen LogP contribution >= 0.6 is 0 Å². The maximum absolute atomic E-state index is 12.6. The summed E-state index contributed by atoms with van der Waals surface area (Å²) in [4.78, 5) is 24.9. The molecule has 0 fully saturated rings. The first-order valence-electron chi connectivity index (χ1n) is 7.21. The van der Waals surface area contributed by atoms with Gasteiger partial charge in [-0.1, -0.05) is 18.2 Å². The van der Waals surface area contributed by atoms with E-state index in [0.29, 0.717) is 17.1 Å². The maximum atomic E-state index is 12.6. The standard InChI is InChI=1S/C17H16N2O5/c1-23-13-8-7-10-9-19(17(22)14(10)15(13)24-2)18-16(21)11-5-3-4-6-12(11)20/h3-8,20H,9H2,1-2H3,(H,18,21). The Kier molecular flexibility index (Phi) is 3.99. The molecule has 0 radical (unpaired) electrons. The van der Waals surface area contributed by atoms with Crippen molar-refractivity contribution in [1.82, 2.24) is 10.4 Å². The SMILES string of the molecule is COc1ccc2c(c1OC)C(=O)N(NC(=O)c1ccccc1O)C2. The van der Waals surface area contributed by atoms with Crippen molar-refractivity contribution in [2.45, 2.75) is 6.54 Å². The van der Waals surface area contributed by atoms with E-state index in [4.69, 9.17) is 9.47 Å². The summed E-state index contributed by atoms with van der Waals surface area (Å²) in [5.74, 6) is -0.346. The average Bonchev–Trinajstić information content (AvgIpc) is 2.90. The molecule has 0 saturated heterocycles. The van der Waals surface area contributed by atoms with Gasteiger partial charge in [0.05, 0.1) is 31.9 Å². The number of nitrogens with one attached hydrogen (secondary N) is 1. The number of benzene rings is 2. The number of phenolic OH excluding ortho intramolecular Hbond substituents is 1. The van der Waals surface area contributed by atoms with E-state index >= 15 is 0 Å². The van der Waals surface area contributed by atoms with Gasteiger partial charge in [0.2, 0.25) is 0 Å². The third-order valence-electron chi connectivity index (χ3n) is 3.80. The van der Waals surface area contributed by atoms with Crippen LogP contribution < -0.4 is 14.9 Å². The van der Waals surface area contributed by atoms with Crippen molar-refractivity contribution in [3.63, 3.8) is 0 Å². The summed E-state index contributed by atoms with van der Waals surface area (Å²) in [5, 5.41) is 10.9. The van der Waals surface area contributed by atoms with Crippen LogP contribution in [0.3, 0.4) is 0 Å². The van der Waals surface area contributed by atoms with Gasteiger partial charge in [-0.2, -0.15) is 0 Å². The number of fused-ring (bicyclic) bond motifs is 1. The van der Waals surface area contributed by atoms with E-state index in [1.165, 1.54) is 31.4 Å². The van der Waals surface area contributed by atoms with Gasteiger partial charge in [-0.3, -0.25) is 15.0 Å². The van der Waals surface area contributed by atoms with Crippen molar-refractivity contribution in [2.24, 2.45) is 0 Å². The fourth-order valence-corrected chi connectivity index (χ4v) is 2.65. The van der Waals surface area contributed by atoms with E-state index < -0.39 is 11.8 Å². The molecule has 2 aromatic carbocycles. The minimum atomic E-state index is -0.569. The lowest BCUT2D eigenvalue weighted by Gasteiger charge is -2.17. The summed E-state index contributed by atoms with van der Waals surface area (Å²) in [5.41, 5.74) is 3.67. The van der Waals surface area contributed by atoms with Crippen LogP contribution in [0.15, 0.2) is 36.4 Å². The molecule has 2 aromatic rings. The quantitative estimate of drug-likeness (QED) is 0.892. The van der Waals surface area contributed by atoms with Crippen LogP contribution in [-0.2, 0) is 6.54 Å². The Morgan fingerprint density at radius 3 is 2.58 bits per heavy atom. The number of carbonyl (C=O) groups excluding carboxylic acids is 2. The summed E-state index contributed by atoms with van der Waals surface area (Å²) < 4.78 is 10.5. The van der Waals surface area contributed by atoms with Crippen LogP contribution in [0.4, 0.5) is 0 Å². The van der Waals surface area contributed by atoms with E-state index in [-0.39, 0.29) is 17.9 Å². The van der Waals surface area contributed by atoms with Crippen LogP contribution in [0.2, 0.25) is 0 Å². The Morgan fingerprint density at radius 2 is 1.92 bits per heavy atom. The van der Waals surface area contributed by atoms with E-state index in [0.717, 1.165) is 5.56 Å². The van der Waals surface area contributed by atoms with Crippen LogP contribution in [-0.4, -0.2) is 36.1 Å². The molecular formula is C17H16N2O5. The third kappa shape index (κ3) is 2.50. The molecule has 0 atom stereocenters. The van der Waals surface area contributed by atoms with E-state index in [1.807, 2.05) is 0 Å². The third-order valence-corrected chi connectivity index (χ3v) is 3.80. The molecule has 2 N–H and O–H groups in total. The number of phenols is 1. The van der Waals surface area contributed by atoms with Crippen LogP contribution in [0, 0.1) is 0 Å². The molecule has 7 nitrogen and oxygen atoms in total. The van der Waals surface area contributed by atoms with Crippen LogP contribution in [0.1, 0.15) is 26.3 Å². The fraction of sp³-hybridized carbons (Fsp3) is 0.176. The first-order valence-corrected chi connectivity index (χ1v) is 7.21. The number of carbonyl (C=O) groups is 2. The molecule has 124 valence electrons. The summed E-state index contributed by atoms with van der Waals surface area (Å²) in [6.07, 6.45) is 0. The molecule has 1 aliphatic heterocycles. The van der Waals surface area contributed by atoms with Crippen molar-refractivity contribution in [2.75, 3.05) is 14.2 Å². The highest BCUT2D eigenvalue weighted by molar-refractivity contribution is 6.04. The molecule has 3 rings (SSSR count). The largest absolute Gasteiger partial charge is 0.507 e. The molecule has 7 heteroatoms. The number of hydrogen-bond acceptors (Lipinski definition) is 5. The smallest absolute Gasteiger partial charge is 0.276 e. The zero-order chi connectivity index (χ0) is 17.3. The van der Waals surface area contributed by atoms with Gasteiger partial charge in [-0.25, -0.2) is 5.01 Å². The highest BCUT2D eigenvalue weighted by atomic mass is 16.5. The summed E-state index contributed by atoms with van der Waals surface area (Å²) >= 11 is 0. The zero-order valence-electron chi connectivity index (χ0n) is 13.2. The monoisotopic (exact) mass is 328 g/mol. The van der Waals surface area contributed by atoms with E-state index in [1.54, 1.807) is 24.3 Å². The minimum Gasteiger partial charge on any atom is -0.507 e.